The second-order valence-corrected chi connectivity index (χ2v) is 5.55. The minimum Gasteiger partial charge on any atom is -0.507 e. The molecule has 1 fully saturated rings. The lowest BCUT2D eigenvalue weighted by atomic mass is 9.86. The van der Waals surface area contributed by atoms with E-state index in [9.17, 15) is 9.90 Å². The first-order chi connectivity index (χ1) is 9.99. The first-order valence-electron chi connectivity index (χ1n) is 7.16. The van der Waals surface area contributed by atoms with E-state index in [-0.39, 0.29) is 23.0 Å². The number of carbonyl (C=O) groups excluding carboxylic acids is 1. The molecular weight excluding hydrogens is 270 g/mol. The molecule has 1 heterocycles. The van der Waals surface area contributed by atoms with E-state index >= 15 is 0 Å². The number of Topliss-reactive ketones (excluding diaryl/α,β-unsaturated/α-hetero) is 1. The van der Waals surface area contributed by atoms with Gasteiger partial charge in [-0.25, -0.2) is 0 Å². The molecule has 1 saturated heterocycles. The van der Waals surface area contributed by atoms with Gasteiger partial charge in [0.15, 0.2) is 5.78 Å². The van der Waals surface area contributed by atoms with E-state index in [1.165, 1.54) is 20.1 Å². The van der Waals surface area contributed by atoms with E-state index < -0.39 is 0 Å². The fourth-order valence-electron chi connectivity index (χ4n) is 3.04. The van der Waals surface area contributed by atoms with E-state index in [0.29, 0.717) is 11.5 Å². The van der Waals surface area contributed by atoms with Gasteiger partial charge < -0.3 is 19.5 Å². The van der Waals surface area contributed by atoms with Gasteiger partial charge in [0.05, 0.1) is 14.2 Å². The van der Waals surface area contributed by atoms with Crippen molar-refractivity contribution in [3.8, 4) is 17.2 Å². The number of hydrogen-bond donors (Lipinski definition) is 1. The van der Waals surface area contributed by atoms with E-state index in [4.69, 9.17) is 9.47 Å². The minimum absolute atomic E-state index is 0.0899. The van der Waals surface area contributed by atoms with Gasteiger partial charge in [-0.3, -0.25) is 4.79 Å². The second-order valence-electron chi connectivity index (χ2n) is 5.55. The molecule has 1 aromatic rings. The first kappa shape index (κ1) is 15.6. The summed E-state index contributed by atoms with van der Waals surface area (Å²) in [5.74, 6) is 1.01. The quantitative estimate of drug-likeness (QED) is 0.864. The van der Waals surface area contributed by atoms with Crippen LogP contribution < -0.4 is 9.47 Å². The largest absolute Gasteiger partial charge is 0.507 e. The maximum absolute atomic E-state index is 11.8. The molecule has 5 heteroatoms. The zero-order valence-electron chi connectivity index (χ0n) is 13.1. The molecule has 0 saturated carbocycles. The van der Waals surface area contributed by atoms with Gasteiger partial charge in [-0.1, -0.05) is 0 Å². The average molecular weight is 293 g/mol. The van der Waals surface area contributed by atoms with Crippen LogP contribution in [0.2, 0.25) is 0 Å². The van der Waals surface area contributed by atoms with Crippen LogP contribution in [0, 0.1) is 0 Å². The standard InChI is InChI=1S/C16H23NO4/c1-10(18)14-12(19)9-13(20-3)15(16(14)21-4)11-5-7-17(2)8-6-11/h9,11,19H,5-8H2,1-4H3. The highest BCUT2D eigenvalue weighted by Crippen LogP contribution is 2.45. The molecule has 1 aliphatic rings. The Kier molecular flexibility index (Phi) is 4.73. The molecule has 116 valence electrons. The summed E-state index contributed by atoms with van der Waals surface area (Å²) in [6.45, 7) is 3.42. The zero-order chi connectivity index (χ0) is 15.6. The van der Waals surface area contributed by atoms with Gasteiger partial charge in [-0.15, -0.1) is 0 Å². The molecule has 0 atom stereocenters. The van der Waals surface area contributed by atoms with Crippen LogP contribution in [0.1, 0.15) is 41.6 Å². The molecule has 0 aliphatic carbocycles. The van der Waals surface area contributed by atoms with Crippen LogP contribution >= 0.6 is 0 Å². The molecule has 0 amide bonds. The van der Waals surface area contributed by atoms with Gasteiger partial charge in [-0.05, 0) is 45.8 Å². The van der Waals surface area contributed by atoms with Gasteiger partial charge >= 0.3 is 0 Å². The number of ether oxygens (including phenoxy) is 2. The molecule has 0 aromatic heterocycles. The molecule has 1 N–H and O–H groups in total. The van der Waals surface area contributed by atoms with Crippen molar-refractivity contribution in [3.05, 3.63) is 17.2 Å². The van der Waals surface area contributed by atoms with Gasteiger partial charge in [0, 0.05) is 11.6 Å². The first-order valence-corrected chi connectivity index (χ1v) is 7.16. The minimum atomic E-state index is -0.207. The fraction of sp³-hybridized carbons (Fsp3) is 0.562. The predicted octanol–water partition coefficient (Wildman–Crippen LogP) is 2.42. The summed E-state index contributed by atoms with van der Waals surface area (Å²) in [4.78, 5) is 14.1. The van der Waals surface area contributed by atoms with Crippen molar-refractivity contribution >= 4 is 5.78 Å². The summed E-state index contributed by atoms with van der Waals surface area (Å²) >= 11 is 0. The van der Waals surface area contributed by atoms with Crippen LogP contribution in [-0.4, -0.2) is 50.1 Å². The Morgan fingerprint density at radius 1 is 1.29 bits per heavy atom. The lowest BCUT2D eigenvalue weighted by Gasteiger charge is -2.31. The van der Waals surface area contributed by atoms with Crippen LogP contribution in [0.5, 0.6) is 17.2 Å². The van der Waals surface area contributed by atoms with Crippen molar-refractivity contribution in [1.82, 2.24) is 4.90 Å². The lowest BCUT2D eigenvalue weighted by molar-refractivity contribution is 0.101. The Hall–Kier alpha value is -1.75. The average Bonchev–Trinajstić information content (AvgIpc) is 2.46. The Morgan fingerprint density at radius 3 is 2.38 bits per heavy atom. The highest BCUT2D eigenvalue weighted by molar-refractivity contribution is 6.00. The topological polar surface area (TPSA) is 59.0 Å². The number of ketones is 1. The van der Waals surface area contributed by atoms with Crippen molar-refractivity contribution in [2.75, 3.05) is 34.4 Å². The number of likely N-dealkylation sites (tertiary alicyclic amines) is 1. The summed E-state index contributed by atoms with van der Waals surface area (Å²) in [6.07, 6.45) is 1.96. The summed E-state index contributed by atoms with van der Waals surface area (Å²) in [5.41, 5.74) is 1.14. The van der Waals surface area contributed by atoms with Gasteiger partial charge in [-0.2, -0.15) is 0 Å². The number of benzene rings is 1. The number of aromatic hydroxyl groups is 1. The van der Waals surface area contributed by atoms with Gasteiger partial charge in [0.25, 0.3) is 0 Å². The normalized spacial score (nSPS) is 16.8. The Bertz CT molecular complexity index is 534. The summed E-state index contributed by atoms with van der Waals surface area (Å²) in [7, 11) is 5.20. The van der Waals surface area contributed by atoms with Crippen molar-refractivity contribution in [2.45, 2.75) is 25.7 Å². The number of piperidine rings is 1. The third-order valence-electron chi connectivity index (χ3n) is 4.16. The number of nitrogens with zero attached hydrogens (tertiary/aromatic N) is 1. The number of rotatable bonds is 4. The number of phenols is 1. The third-order valence-corrected chi connectivity index (χ3v) is 4.16. The van der Waals surface area contributed by atoms with E-state index in [2.05, 4.69) is 11.9 Å². The maximum Gasteiger partial charge on any atom is 0.167 e. The number of methoxy groups -OCH3 is 2. The smallest absolute Gasteiger partial charge is 0.167 e. The SMILES string of the molecule is COc1cc(O)c(C(C)=O)c(OC)c1C1CCN(C)CC1. The van der Waals surface area contributed by atoms with Crippen LogP contribution in [-0.2, 0) is 0 Å². The molecule has 0 radical (unpaired) electrons. The van der Waals surface area contributed by atoms with E-state index in [1.54, 1.807) is 7.11 Å². The molecule has 5 nitrogen and oxygen atoms in total. The summed E-state index contributed by atoms with van der Waals surface area (Å²) in [6, 6.07) is 1.52. The zero-order valence-corrected chi connectivity index (χ0v) is 13.1. The molecular formula is C16H23NO4. The Labute approximate surface area is 125 Å². The van der Waals surface area contributed by atoms with Crippen LogP contribution in [0.25, 0.3) is 0 Å². The van der Waals surface area contributed by atoms with E-state index in [1.807, 2.05) is 0 Å². The molecule has 2 rings (SSSR count). The molecule has 0 unspecified atom stereocenters. The number of carbonyl (C=O) groups is 1. The molecule has 0 spiro atoms. The maximum atomic E-state index is 11.8. The highest BCUT2D eigenvalue weighted by Gasteiger charge is 2.29. The fourth-order valence-corrected chi connectivity index (χ4v) is 3.04. The van der Waals surface area contributed by atoms with Crippen molar-refractivity contribution in [1.29, 1.82) is 0 Å². The van der Waals surface area contributed by atoms with Crippen LogP contribution in [0.4, 0.5) is 0 Å². The number of hydrogen-bond acceptors (Lipinski definition) is 5. The number of phenolic OH excluding ortho intramolecular Hbond substituents is 1. The predicted molar refractivity (Wildman–Crippen MR) is 80.7 cm³/mol. The van der Waals surface area contributed by atoms with Gasteiger partial charge in [0.1, 0.15) is 22.8 Å². The Morgan fingerprint density at radius 2 is 1.90 bits per heavy atom. The van der Waals surface area contributed by atoms with E-state index in [0.717, 1.165) is 31.5 Å². The molecule has 1 aromatic carbocycles. The second kappa shape index (κ2) is 6.35. The molecule has 1 aliphatic heterocycles. The highest BCUT2D eigenvalue weighted by atomic mass is 16.5. The van der Waals surface area contributed by atoms with Crippen LogP contribution in [0.15, 0.2) is 6.07 Å². The summed E-state index contributed by atoms with van der Waals surface area (Å²) < 4.78 is 10.9. The molecule has 0 bridgehead atoms. The van der Waals surface area contributed by atoms with Crippen LogP contribution in [0.3, 0.4) is 0 Å². The summed E-state index contributed by atoms with van der Waals surface area (Å²) in [5, 5.41) is 10.1. The molecule has 21 heavy (non-hydrogen) atoms. The third kappa shape index (κ3) is 2.97. The lowest BCUT2D eigenvalue weighted by Crippen LogP contribution is -2.29. The van der Waals surface area contributed by atoms with Crippen molar-refractivity contribution in [2.24, 2.45) is 0 Å². The Balaban J connectivity index is 2.56. The van der Waals surface area contributed by atoms with Crippen molar-refractivity contribution in [3.63, 3.8) is 0 Å². The van der Waals surface area contributed by atoms with Gasteiger partial charge in [0.2, 0.25) is 0 Å². The van der Waals surface area contributed by atoms with Crippen molar-refractivity contribution < 1.29 is 19.4 Å². The monoisotopic (exact) mass is 293 g/mol.